The Bertz CT molecular complexity index is 1170. The molecular weight excluding hydrogens is 408 g/mol. The number of nitrogens with one attached hydrogen (secondary N) is 1. The largest absolute Gasteiger partial charge is 0.467 e. The van der Waals surface area contributed by atoms with E-state index in [1.165, 1.54) is 12.8 Å². The summed E-state index contributed by atoms with van der Waals surface area (Å²) in [6.07, 6.45) is 9.90. The molecule has 0 aromatic carbocycles. The lowest BCUT2D eigenvalue weighted by Crippen LogP contribution is -2.23. The van der Waals surface area contributed by atoms with Crippen LogP contribution in [0.4, 0.5) is 0 Å². The van der Waals surface area contributed by atoms with Crippen LogP contribution in [0.2, 0.25) is 0 Å². The van der Waals surface area contributed by atoms with E-state index in [2.05, 4.69) is 20.2 Å². The van der Waals surface area contributed by atoms with E-state index in [0.29, 0.717) is 18.2 Å². The lowest BCUT2D eigenvalue weighted by molar-refractivity contribution is 0.0947. The molecule has 1 N–H and O–H groups in total. The zero-order valence-corrected chi connectivity index (χ0v) is 18.2. The molecule has 7 heteroatoms. The van der Waals surface area contributed by atoms with Crippen molar-refractivity contribution in [1.82, 2.24) is 19.9 Å². The van der Waals surface area contributed by atoms with E-state index >= 15 is 0 Å². The zero-order valence-electron chi connectivity index (χ0n) is 17.4. The Hall–Kier alpha value is -3.19. The van der Waals surface area contributed by atoms with E-state index < -0.39 is 0 Å². The lowest BCUT2D eigenvalue weighted by Gasteiger charge is -2.18. The minimum atomic E-state index is -0.0866. The SMILES string of the molecule is Cc1c(C(=O)NCc2ccco2)cc(-c2csc(-c3ccncc3)n2)n1C1CCCC1. The van der Waals surface area contributed by atoms with Gasteiger partial charge in [-0.15, -0.1) is 11.3 Å². The maximum Gasteiger partial charge on any atom is 0.253 e. The number of carbonyl (C=O) groups is 1. The van der Waals surface area contributed by atoms with Crippen molar-refractivity contribution >= 4 is 17.2 Å². The van der Waals surface area contributed by atoms with E-state index in [1.54, 1.807) is 30.0 Å². The van der Waals surface area contributed by atoms with Gasteiger partial charge in [-0.05, 0) is 50.1 Å². The summed E-state index contributed by atoms with van der Waals surface area (Å²) in [6.45, 7) is 2.41. The molecule has 0 aliphatic heterocycles. The molecule has 1 amide bonds. The lowest BCUT2D eigenvalue weighted by atomic mass is 10.2. The first-order valence-corrected chi connectivity index (χ1v) is 11.5. The Morgan fingerprint density at radius 1 is 1.26 bits per heavy atom. The molecule has 4 heterocycles. The van der Waals surface area contributed by atoms with Gasteiger partial charge in [0, 0.05) is 35.1 Å². The Labute approximate surface area is 185 Å². The average molecular weight is 433 g/mol. The van der Waals surface area contributed by atoms with Crippen LogP contribution in [-0.2, 0) is 6.54 Å². The third-order valence-corrected chi connectivity index (χ3v) is 6.81. The fraction of sp³-hybridized carbons (Fsp3) is 0.292. The van der Waals surface area contributed by atoms with Gasteiger partial charge in [0.1, 0.15) is 10.8 Å². The van der Waals surface area contributed by atoms with E-state index in [9.17, 15) is 4.79 Å². The summed E-state index contributed by atoms with van der Waals surface area (Å²) in [5.74, 6) is 0.652. The third kappa shape index (κ3) is 3.93. The van der Waals surface area contributed by atoms with Gasteiger partial charge in [0.05, 0.1) is 29.8 Å². The Balaban J connectivity index is 1.49. The predicted molar refractivity (Wildman–Crippen MR) is 121 cm³/mol. The van der Waals surface area contributed by atoms with Crippen molar-refractivity contribution in [3.63, 3.8) is 0 Å². The highest BCUT2D eigenvalue weighted by atomic mass is 32.1. The molecule has 158 valence electrons. The molecule has 6 nitrogen and oxygen atoms in total. The van der Waals surface area contributed by atoms with Gasteiger partial charge in [-0.3, -0.25) is 9.78 Å². The maximum atomic E-state index is 13.0. The summed E-state index contributed by atoms with van der Waals surface area (Å²) < 4.78 is 7.67. The van der Waals surface area contributed by atoms with Crippen LogP contribution in [0.5, 0.6) is 0 Å². The van der Waals surface area contributed by atoms with Gasteiger partial charge in [0.25, 0.3) is 5.91 Å². The number of thiazole rings is 1. The van der Waals surface area contributed by atoms with E-state index in [-0.39, 0.29) is 5.91 Å². The molecular formula is C24H24N4O2S. The molecule has 1 saturated carbocycles. The number of amides is 1. The van der Waals surface area contributed by atoms with Crippen molar-refractivity contribution in [3.8, 4) is 22.0 Å². The summed E-state index contributed by atoms with van der Waals surface area (Å²) in [6, 6.07) is 10.0. The number of pyridine rings is 1. The summed E-state index contributed by atoms with van der Waals surface area (Å²) >= 11 is 1.62. The zero-order chi connectivity index (χ0) is 21.2. The molecule has 4 aromatic heterocycles. The highest BCUT2D eigenvalue weighted by Gasteiger charge is 2.26. The Morgan fingerprint density at radius 2 is 2.06 bits per heavy atom. The number of rotatable bonds is 6. The van der Waals surface area contributed by atoms with Gasteiger partial charge in [0.15, 0.2) is 0 Å². The van der Waals surface area contributed by atoms with Crippen molar-refractivity contribution < 1.29 is 9.21 Å². The van der Waals surface area contributed by atoms with Crippen LogP contribution < -0.4 is 5.32 Å². The maximum absolute atomic E-state index is 13.0. The van der Waals surface area contributed by atoms with E-state index in [1.807, 2.05) is 37.3 Å². The molecule has 0 spiro atoms. The summed E-state index contributed by atoms with van der Waals surface area (Å²) in [7, 11) is 0. The van der Waals surface area contributed by atoms with Gasteiger partial charge in [0.2, 0.25) is 0 Å². The summed E-state index contributed by atoms with van der Waals surface area (Å²) in [4.78, 5) is 22.0. The van der Waals surface area contributed by atoms with E-state index in [4.69, 9.17) is 9.40 Å². The molecule has 0 bridgehead atoms. The fourth-order valence-electron chi connectivity index (χ4n) is 4.38. The first-order valence-electron chi connectivity index (χ1n) is 10.6. The third-order valence-electron chi connectivity index (χ3n) is 5.92. The normalized spacial score (nSPS) is 14.2. The van der Waals surface area contributed by atoms with Crippen molar-refractivity contribution in [1.29, 1.82) is 0 Å². The van der Waals surface area contributed by atoms with Gasteiger partial charge < -0.3 is 14.3 Å². The molecule has 31 heavy (non-hydrogen) atoms. The van der Waals surface area contributed by atoms with Crippen LogP contribution in [0.15, 0.2) is 58.8 Å². The van der Waals surface area contributed by atoms with Gasteiger partial charge in [-0.2, -0.15) is 0 Å². The number of carbonyl (C=O) groups excluding carboxylic acids is 1. The fourth-order valence-corrected chi connectivity index (χ4v) is 5.20. The number of furan rings is 1. The molecule has 0 atom stereocenters. The second kappa shape index (κ2) is 8.51. The van der Waals surface area contributed by atoms with Gasteiger partial charge >= 0.3 is 0 Å². The Kier molecular flexibility index (Phi) is 5.42. The van der Waals surface area contributed by atoms with Crippen molar-refractivity contribution in [2.45, 2.75) is 45.2 Å². The van der Waals surface area contributed by atoms with Crippen LogP contribution >= 0.6 is 11.3 Å². The topological polar surface area (TPSA) is 73.0 Å². The number of hydrogen-bond donors (Lipinski definition) is 1. The molecule has 0 unspecified atom stereocenters. The van der Waals surface area contributed by atoms with Gasteiger partial charge in [-0.1, -0.05) is 12.8 Å². The second-order valence-electron chi connectivity index (χ2n) is 7.87. The van der Waals surface area contributed by atoms with Crippen LogP contribution in [0.1, 0.15) is 53.5 Å². The van der Waals surface area contributed by atoms with Crippen molar-refractivity contribution in [2.75, 3.05) is 0 Å². The van der Waals surface area contributed by atoms with Crippen LogP contribution in [0.25, 0.3) is 22.0 Å². The minimum Gasteiger partial charge on any atom is -0.467 e. The van der Waals surface area contributed by atoms with Gasteiger partial charge in [-0.25, -0.2) is 4.98 Å². The molecule has 0 radical (unpaired) electrons. The molecule has 0 saturated heterocycles. The minimum absolute atomic E-state index is 0.0866. The smallest absolute Gasteiger partial charge is 0.253 e. The molecule has 1 aliphatic rings. The van der Waals surface area contributed by atoms with Crippen molar-refractivity contribution in [3.05, 3.63) is 71.4 Å². The number of aromatic nitrogens is 3. The highest BCUT2D eigenvalue weighted by Crippen LogP contribution is 2.38. The van der Waals surface area contributed by atoms with Crippen LogP contribution in [0, 0.1) is 6.92 Å². The van der Waals surface area contributed by atoms with Crippen LogP contribution in [0.3, 0.4) is 0 Å². The predicted octanol–water partition coefficient (Wildman–Crippen LogP) is 5.62. The molecule has 4 aromatic rings. The monoisotopic (exact) mass is 432 g/mol. The highest BCUT2D eigenvalue weighted by molar-refractivity contribution is 7.13. The molecule has 1 fully saturated rings. The molecule has 1 aliphatic carbocycles. The van der Waals surface area contributed by atoms with Crippen molar-refractivity contribution in [2.24, 2.45) is 0 Å². The van der Waals surface area contributed by atoms with Crippen LogP contribution in [-0.4, -0.2) is 20.4 Å². The summed E-state index contributed by atoms with van der Waals surface area (Å²) in [5, 5.41) is 6.03. The second-order valence-corrected chi connectivity index (χ2v) is 8.73. The summed E-state index contributed by atoms with van der Waals surface area (Å²) in [5.41, 5.74) is 4.68. The quantitative estimate of drug-likeness (QED) is 0.429. The van der Waals surface area contributed by atoms with E-state index in [0.717, 1.165) is 46.3 Å². The standard InChI is InChI=1S/C24H24N4O2S/c1-16-20(23(29)26-14-19-7-4-12-30-19)13-22(28(16)18-5-2-3-6-18)21-15-31-24(27-21)17-8-10-25-11-9-17/h4,7-13,15,18H,2-3,5-6,14H2,1H3,(H,26,29). The average Bonchev–Trinajstić information content (AvgIpc) is 3.59. The molecule has 5 rings (SSSR count). The number of hydrogen-bond acceptors (Lipinski definition) is 5. The Morgan fingerprint density at radius 3 is 2.81 bits per heavy atom. The first-order chi connectivity index (χ1) is 15.2. The number of nitrogens with zero attached hydrogens (tertiary/aromatic N) is 3. The first kappa shape index (κ1) is 19.8.